The van der Waals surface area contributed by atoms with Gasteiger partial charge in [0.15, 0.2) is 6.04 Å². The van der Waals surface area contributed by atoms with Gasteiger partial charge in [-0.1, -0.05) is 88.4 Å². The third-order valence-electron chi connectivity index (χ3n) is 9.54. The minimum atomic E-state index is -1.42. The lowest BCUT2D eigenvalue weighted by atomic mass is 9.98. The third kappa shape index (κ3) is 13.1. The number of hydrogen-bond acceptors (Lipinski definition) is 6. The quantitative estimate of drug-likeness (QED) is 0.175. The lowest BCUT2D eigenvalue weighted by Gasteiger charge is -2.34. The minimum Gasteiger partial charge on any atom is -0.357 e. The van der Waals surface area contributed by atoms with Crippen molar-refractivity contribution in [3.63, 3.8) is 0 Å². The van der Waals surface area contributed by atoms with Crippen molar-refractivity contribution in [1.29, 1.82) is 0 Å². The number of hydrogen-bond donors (Lipinski definition) is 4. The van der Waals surface area contributed by atoms with E-state index in [4.69, 9.17) is 0 Å². The molecule has 2 aromatic carbocycles. The van der Waals surface area contributed by atoms with Crippen LogP contribution in [0.4, 0.5) is 0 Å². The highest BCUT2D eigenvalue weighted by atomic mass is 16.2. The number of carbonyl (C=O) groups excluding carboxylic acids is 5. The molecular weight excluding hydrogens is 644 g/mol. The van der Waals surface area contributed by atoms with Crippen molar-refractivity contribution in [2.24, 2.45) is 11.8 Å². The van der Waals surface area contributed by atoms with Crippen molar-refractivity contribution < 1.29 is 24.0 Å². The van der Waals surface area contributed by atoms with Crippen molar-refractivity contribution in [2.45, 2.75) is 110 Å². The number of nitrogens with one attached hydrogen (secondary N) is 4. The van der Waals surface area contributed by atoms with Gasteiger partial charge in [-0.2, -0.15) is 0 Å². The van der Waals surface area contributed by atoms with Crippen LogP contribution in [0.1, 0.15) is 77.8 Å². The monoisotopic (exact) mass is 704 g/mol. The normalized spacial score (nSPS) is 16.2. The molecule has 0 aliphatic carbocycles. The number of carbonyl (C=O) groups is 5. The van der Waals surface area contributed by atoms with E-state index in [-0.39, 0.29) is 30.7 Å². The number of benzene rings is 2. The summed E-state index contributed by atoms with van der Waals surface area (Å²) in [5, 5.41) is 11.1. The maximum atomic E-state index is 14.3. The molecule has 1 heterocycles. The molecule has 0 spiro atoms. The molecule has 0 radical (unpaired) electrons. The summed E-state index contributed by atoms with van der Waals surface area (Å²) in [5.41, 5.74) is 1.85. The van der Waals surface area contributed by atoms with E-state index in [9.17, 15) is 24.0 Å². The van der Waals surface area contributed by atoms with Crippen LogP contribution in [0.3, 0.4) is 0 Å². The molecule has 5 atom stereocenters. The van der Waals surface area contributed by atoms with Crippen LogP contribution >= 0.6 is 0 Å². The van der Waals surface area contributed by atoms with Gasteiger partial charge in [0.25, 0.3) is 11.8 Å². The Morgan fingerprint density at radius 3 is 1.69 bits per heavy atom. The van der Waals surface area contributed by atoms with E-state index in [0.29, 0.717) is 25.4 Å². The number of amides is 5. The number of nitrogens with zero attached hydrogens (tertiary/aromatic N) is 2. The highest BCUT2D eigenvalue weighted by molar-refractivity contribution is 6.07. The molecule has 0 unspecified atom stereocenters. The summed E-state index contributed by atoms with van der Waals surface area (Å²) in [7, 11) is 3.37. The Kier molecular flexibility index (Phi) is 16.6. The van der Waals surface area contributed by atoms with Gasteiger partial charge >= 0.3 is 0 Å². The molecule has 1 fully saturated rings. The molecule has 1 saturated heterocycles. The van der Waals surface area contributed by atoms with Crippen molar-refractivity contribution in [3.05, 3.63) is 71.8 Å². The van der Waals surface area contributed by atoms with Crippen LogP contribution in [0.5, 0.6) is 0 Å². The first-order valence-electron chi connectivity index (χ1n) is 18.5. The molecule has 2 aromatic rings. The van der Waals surface area contributed by atoms with Gasteiger partial charge in [0, 0.05) is 32.6 Å². The van der Waals surface area contributed by atoms with Gasteiger partial charge in [-0.05, 0) is 75.5 Å². The Labute approximate surface area is 304 Å². The molecule has 1 aliphatic rings. The van der Waals surface area contributed by atoms with Crippen LogP contribution in [0, 0.1) is 11.8 Å². The molecule has 11 heteroatoms. The second-order valence-corrected chi connectivity index (χ2v) is 14.7. The maximum absolute atomic E-state index is 14.3. The van der Waals surface area contributed by atoms with E-state index in [1.807, 2.05) is 81.6 Å². The molecule has 4 N–H and O–H groups in total. The van der Waals surface area contributed by atoms with Crippen LogP contribution in [-0.2, 0) is 36.8 Å². The number of piperidine rings is 1. The van der Waals surface area contributed by atoms with Gasteiger partial charge in [0.1, 0.15) is 12.1 Å². The topological polar surface area (TPSA) is 140 Å². The van der Waals surface area contributed by atoms with Crippen LogP contribution in [0.15, 0.2) is 60.7 Å². The molecule has 3 rings (SSSR count). The van der Waals surface area contributed by atoms with Gasteiger partial charge in [-0.15, -0.1) is 0 Å². The largest absolute Gasteiger partial charge is 0.357 e. The average Bonchev–Trinajstić information content (AvgIpc) is 3.11. The predicted octanol–water partition coefficient (Wildman–Crippen LogP) is 3.47. The predicted molar refractivity (Wildman–Crippen MR) is 201 cm³/mol. The number of likely N-dealkylation sites (N-methyl/N-ethyl adjacent to an activating group) is 2. The number of likely N-dealkylation sites (tertiary alicyclic amines) is 1. The van der Waals surface area contributed by atoms with Crippen LogP contribution in [0.2, 0.25) is 0 Å². The Balaban J connectivity index is 1.89. The second-order valence-electron chi connectivity index (χ2n) is 14.7. The highest BCUT2D eigenvalue weighted by Crippen LogP contribution is 2.17. The third-order valence-corrected chi connectivity index (χ3v) is 9.54. The van der Waals surface area contributed by atoms with Crippen molar-refractivity contribution in [3.8, 4) is 0 Å². The first-order valence-corrected chi connectivity index (χ1v) is 18.5. The standard InChI is InChI=1S/C40H60N6O5/c1-27(2)23-29(5)45(7)34(26-31-19-13-9-14-20-31)38(49)43-33(25-30-17-11-8-12-18-30)36(47)42-32(24-28(3)4)37(48)44-35(39(50)41-6)40(51)46-21-15-10-16-22-46/h8-9,11-14,17-20,27-29,32-35H,10,15-16,21-26H2,1-7H3,(H,41,50)(H,42,47)(H,43,49)(H,44,48)/t29-,32-,33-,34-,35-/m0/s1. The Morgan fingerprint density at radius 2 is 1.16 bits per heavy atom. The molecule has 5 amide bonds. The summed E-state index contributed by atoms with van der Waals surface area (Å²) in [4.78, 5) is 72.2. The number of rotatable bonds is 18. The first kappa shape index (κ1) is 41.2. The summed E-state index contributed by atoms with van der Waals surface area (Å²) in [6.07, 6.45) is 4.48. The zero-order valence-electron chi connectivity index (χ0n) is 31.6. The fourth-order valence-electron chi connectivity index (χ4n) is 6.64. The summed E-state index contributed by atoms with van der Waals surface area (Å²) in [6, 6.07) is 15.3. The Bertz CT molecular complexity index is 1410. The lowest BCUT2D eigenvalue weighted by Crippen LogP contribution is -2.61. The molecule has 0 saturated carbocycles. The van der Waals surface area contributed by atoms with Crippen LogP contribution < -0.4 is 21.3 Å². The molecular formula is C40H60N6O5. The van der Waals surface area contributed by atoms with E-state index < -0.39 is 47.8 Å². The highest BCUT2D eigenvalue weighted by Gasteiger charge is 2.36. The Hall–Kier alpha value is -4.25. The van der Waals surface area contributed by atoms with E-state index in [0.717, 1.165) is 36.8 Å². The maximum Gasteiger partial charge on any atom is 0.254 e. The van der Waals surface area contributed by atoms with Gasteiger partial charge in [-0.25, -0.2) is 0 Å². The Morgan fingerprint density at radius 1 is 0.647 bits per heavy atom. The second kappa shape index (κ2) is 20.6. The lowest BCUT2D eigenvalue weighted by molar-refractivity contribution is -0.143. The molecule has 0 aromatic heterocycles. The van der Waals surface area contributed by atoms with Gasteiger partial charge in [0.2, 0.25) is 17.7 Å². The van der Waals surface area contributed by atoms with Crippen LogP contribution in [0.25, 0.3) is 0 Å². The summed E-state index contributed by atoms with van der Waals surface area (Å²) < 4.78 is 0. The van der Waals surface area contributed by atoms with E-state index >= 15 is 0 Å². The van der Waals surface area contributed by atoms with Gasteiger partial charge < -0.3 is 26.2 Å². The van der Waals surface area contributed by atoms with Gasteiger partial charge in [0.05, 0.1) is 6.04 Å². The fourth-order valence-corrected chi connectivity index (χ4v) is 6.64. The molecule has 280 valence electrons. The summed E-state index contributed by atoms with van der Waals surface area (Å²) >= 11 is 0. The summed E-state index contributed by atoms with van der Waals surface area (Å²) in [6.45, 7) is 11.3. The van der Waals surface area contributed by atoms with E-state index in [1.54, 1.807) is 4.90 Å². The van der Waals surface area contributed by atoms with Crippen LogP contribution in [-0.4, -0.2) is 96.7 Å². The first-order chi connectivity index (χ1) is 24.3. The average molecular weight is 705 g/mol. The van der Waals surface area contributed by atoms with E-state index in [1.165, 1.54) is 7.05 Å². The van der Waals surface area contributed by atoms with Crippen molar-refractivity contribution in [1.82, 2.24) is 31.1 Å². The zero-order chi connectivity index (χ0) is 37.5. The zero-order valence-corrected chi connectivity index (χ0v) is 31.6. The smallest absolute Gasteiger partial charge is 0.254 e. The molecule has 51 heavy (non-hydrogen) atoms. The SMILES string of the molecule is CNC(=O)[C@H](NC(=O)[C@H](CC(C)C)NC(=O)[C@H](Cc1ccccc1)NC(=O)[C@H](Cc1ccccc1)N(C)[C@@H](C)CC(C)C)C(=O)N1CCCCC1. The fraction of sp³-hybridized carbons (Fsp3) is 0.575. The van der Waals surface area contributed by atoms with Gasteiger partial charge in [-0.3, -0.25) is 28.9 Å². The van der Waals surface area contributed by atoms with Crippen molar-refractivity contribution >= 4 is 29.5 Å². The molecule has 1 aliphatic heterocycles. The minimum absolute atomic E-state index is 0.00851. The summed E-state index contributed by atoms with van der Waals surface area (Å²) in [5.74, 6) is -2.11. The molecule has 0 bridgehead atoms. The van der Waals surface area contributed by atoms with Crippen molar-refractivity contribution in [2.75, 3.05) is 27.2 Å². The van der Waals surface area contributed by atoms with E-state index in [2.05, 4.69) is 46.9 Å². The molecule has 11 nitrogen and oxygen atoms in total.